The SMILES string of the molecule is Cc1ccccc1CN(C)S(=O)(=O)c1ccc(Cl)c([N+](=O)[O-])c1. The first-order valence-corrected chi connectivity index (χ1v) is 8.50. The van der Waals surface area contributed by atoms with Gasteiger partial charge in [-0.15, -0.1) is 0 Å². The molecule has 0 aliphatic rings. The van der Waals surface area contributed by atoms with Crippen LogP contribution in [0.4, 0.5) is 5.69 Å². The zero-order chi connectivity index (χ0) is 17.2. The summed E-state index contributed by atoms with van der Waals surface area (Å²) >= 11 is 5.72. The molecule has 2 aromatic carbocycles. The number of nitro benzene ring substituents is 1. The molecule has 0 aromatic heterocycles. The third-order valence-corrected chi connectivity index (χ3v) is 5.60. The summed E-state index contributed by atoms with van der Waals surface area (Å²) < 4.78 is 26.3. The van der Waals surface area contributed by atoms with Gasteiger partial charge in [0.05, 0.1) is 9.82 Å². The maximum atomic E-state index is 12.6. The fourth-order valence-electron chi connectivity index (χ4n) is 2.09. The van der Waals surface area contributed by atoms with Crippen LogP contribution >= 0.6 is 11.6 Å². The number of rotatable bonds is 5. The largest absolute Gasteiger partial charge is 0.289 e. The van der Waals surface area contributed by atoms with Crippen LogP contribution in [0.3, 0.4) is 0 Å². The van der Waals surface area contributed by atoms with E-state index >= 15 is 0 Å². The molecule has 0 atom stereocenters. The number of benzene rings is 2. The Labute approximate surface area is 139 Å². The van der Waals surface area contributed by atoms with Crippen LogP contribution in [0.5, 0.6) is 0 Å². The molecule has 2 aromatic rings. The van der Waals surface area contributed by atoms with Crippen molar-refractivity contribution in [1.29, 1.82) is 0 Å². The molecule has 0 saturated heterocycles. The maximum absolute atomic E-state index is 12.6. The Morgan fingerprint density at radius 2 is 1.87 bits per heavy atom. The molecule has 0 N–H and O–H groups in total. The smallest absolute Gasteiger partial charge is 0.258 e. The summed E-state index contributed by atoms with van der Waals surface area (Å²) in [6, 6.07) is 10.9. The Morgan fingerprint density at radius 3 is 2.48 bits per heavy atom. The lowest BCUT2D eigenvalue weighted by atomic mass is 10.1. The summed E-state index contributed by atoms with van der Waals surface area (Å²) in [6.07, 6.45) is 0. The molecule has 8 heteroatoms. The number of hydrogen-bond donors (Lipinski definition) is 0. The lowest BCUT2D eigenvalue weighted by Gasteiger charge is -2.18. The molecular weight excluding hydrogens is 340 g/mol. The molecule has 2 rings (SSSR count). The molecule has 23 heavy (non-hydrogen) atoms. The zero-order valence-corrected chi connectivity index (χ0v) is 14.1. The van der Waals surface area contributed by atoms with Crippen molar-refractivity contribution in [3.63, 3.8) is 0 Å². The van der Waals surface area contributed by atoms with Crippen molar-refractivity contribution in [3.8, 4) is 0 Å². The predicted molar refractivity (Wildman–Crippen MR) is 87.9 cm³/mol. The number of sulfonamides is 1. The van der Waals surface area contributed by atoms with Crippen molar-refractivity contribution in [2.45, 2.75) is 18.4 Å². The van der Waals surface area contributed by atoms with Gasteiger partial charge in [-0.3, -0.25) is 10.1 Å². The Kier molecular flexibility index (Phi) is 5.03. The second-order valence-corrected chi connectivity index (χ2v) is 7.51. The van der Waals surface area contributed by atoms with Crippen LogP contribution in [0.25, 0.3) is 0 Å². The topological polar surface area (TPSA) is 80.5 Å². The van der Waals surface area contributed by atoms with Crippen LogP contribution in [0.15, 0.2) is 47.4 Å². The molecule has 0 radical (unpaired) electrons. The number of halogens is 1. The summed E-state index contributed by atoms with van der Waals surface area (Å²) in [7, 11) is -2.42. The van der Waals surface area contributed by atoms with Gasteiger partial charge in [-0.2, -0.15) is 4.31 Å². The van der Waals surface area contributed by atoms with E-state index in [1.165, 1.54) is 19.2 Å². The highest BCUT2D eigenvalue weighted by atomic mass is 35.5. The Balaban J connectivity index is 2.36. The van der Waals surface area contributed by atoms with Gasteiger partial charge in [0.25, 0.3) is 5.69 Å². The van der Waals surface area contributed by atoms with Crippen molar-refractivity contribution in [2.75, 3.05) is 7.05 Å². The molecule has 0 spiro atoms. The molecule has 0 amide bonds. The van der Waals surface area contributed by atoms with Gasteiger partial charge in [0.15, 0.2) is 0 Å². The summed E-state index contributed by atoms with van der Waals surface area (Å²) in [5.41, 5.74) is 1.40. The van der Waals surface area contributed by atoms with Gasteiger partial charge in [0, 0.05) is 19.7 Å². The fourth-order valence-corrected chi connectivity index (χ4v) is 3.44. The summed E-state index contributed by atoms with van der Waals surface area (Å²) in [5.74, 6) is 0. The molecular formula is C15H15ClN2O4S. The van der Waals surface area contributed by atoms with E-state index in [1.807, 2.05) is 31.2 Å². The highest BCUT2D eigenvalue weighted by Crippen LogP contribution is 2.28. The fraction of sp³-hybridized carbons (Fsp3) is 0.200. The van der Waals surface area contributed by atoms with Gasteiger partial charge in [0.2, 0.25) is 10.0 Å². The Morgan fingerprint density at radius 1 is 1.22 bits per heavy atom. The summed E-state index contributed by atoms with van der Waals surface area (Å²) in [5, 5.41) is 10.8. The Bertz CT molecular complexity index is 852. The van der Waals surface area contributed by atoms with E-state index in [9.17, 15) is 18.5 Å². The van der Waals surface area contributed by atoms with Crippen LogP contribution in [0.1, 0.15) is 11.1 Å². The minimum Gasteiger partial charge on any atom is -0.258 e. The number of hydrogen-bond acceptors (Lipinski definition) is 4. The third-order valence-electron chi connectivity index (χ3n) is 3.48. The van der Waals surface area contributed by atoms with Crippen molar-refractivity contribution < 1.29 is 13.3 Å². The minimum absolute atomic E-state index is 0.101. The van der Waals surface area contributed by atoms with E-state index in [0.29, 0.717) is 0 Å². The molecule has 122 valence electrons. The number of nitrogens with zero attached hydrogens (tertiary/aromatic N) is 2. The van der Waals surface area contributed by atoms with Gasteiger partial charge in [-0.1, -0.05) is 35.9 Å². The molecule has 0 unspecified atom stereocenters. The quantitative estimate of drug-likeness (QED) is 0.609. The van der Waals surface area contributed by atoms with E-state index in [0.717, 1.165) is 21.5 Å². The summed E-state index contributed by atoms with van der Waals surface area (Å²) in [4.78, 5) is 10.1. The first-order valence-electron chi connectivity index (χ1n) is 6.68. The second kappa shape index (κ2) is 6.66. The molecule has 0 aliphatic heterocycles. The molecule has 0 heterocycles. The molecule has 0 fully saturated rings. The van der Waals surface area contributed by atoms with Crippen molar-refractivity contribution in [2.24, 2.45) is 0 Å². The van der Waals surface area contributed by atoms with E-state index in [1.54, 1.807) is 0 Å². The van der Waals surface area contributed by atoms with Gasteiger partial charge in [0.1, 0.15) is 5.02 Å². The number of nitro groups is 1. The average molecular weight is 355 g/mol. The predicted octanol–water partition coefficient (Wildman–Crippen LogP) is 3.38. The van der Waals surface area contributed by atoms with Crippen molar-refractivity contribution in [3.05, 3.63) is 68.7 Å². The summed E-state index contributed by atoms with van der Waals surface area (Å²) in [6.45, 7) is 2.06. The van der Waals surface area contributed by atoms with E-state index in [-0.39, 0.29) is 16.5 Å². The molecule has 0 saturated carbocycles. The standard InChI is InChI=1S/C15H15ClN2O4S/c1-11-5-3-4-6-12(11)10-17(2)23(21,22)13-7-8-14(16)15(9-13)18(19)20/h3-9H,10H2,1-2H3. The van der Waals surface area contributed by atoms with Gasteiger partial charge >= 0.3 is 0 Å². The van der Waals surface area contributed by atoms with Gasteiger partial charge in [-0.05, 0) is 30.2 Å². The van der Waals surface area contributed by atoms with Gasteiger partial charge in [-0.25, -0.2) is 8.42 Å². The Hall–Kier alpha value is -1.96. The van der Waals surface area contributed by atoms with E-state index < -0.39 is 20.6 Å². The lowest BCUT2D eigenvalue weighted by Crippen LogP contribution is -2.26. The van der Waals surface area contributed by atoms with E-state index in [2.05, 4.69) is 0 Å². The molecule has 6 nitrogen and oxygen atoms in total. The molecule has 0 bridgehead atoms. The maximum Gasteiger partial charge on any atom is 0.289 e. The van der Waals surface area contributed by atoms with Crippen LogP contribution < -0.4 is 0 Å². The van der Waals surface area contributed by atoms with Crippen molar-refractivity contribution >= 4 is 27.3 Å². The first kappa shape index (κ1) is 17.4. The van der Waals surface area contributed by atoms with Crippen LogP contribution in [-0.4, -0.2) is 24.7 Å². The van der Waals surface area contributed by atoms with Crippen LogP contribution in [-0.2, 0) is 16.6 Å². The van der Waals surface area contributed by atoms with Gasteiger partial charge < -0.3 is 0 Å². The zero-order valence-electron chi connectivity index (χ0n) is 12.6. The van der Waals surface area contributed by atoms with Crippen molar-refractivity contribution in [1.82, 2.24) is 4.31 Å². The normalized spacial score (nSPS) is 11.7. The lowest BCUT2D eigenvalue weighted by molar-refractivity contribution is -0.384. The third kappa shape index (κ3) is 3.69. The van der Waals surface area contributed by atoms with Crippen LogP contribution in [0, 0.1) is 17.0 Å². The highest BCUT2D eigenvalue weighted by molar-refractivity contribution is 7.89. The minimum atomic E-state index is -3.86. The monoisotopic (exact) mass is 354 g/mol. The first-order chi connectivity index (χ1) is 10.7. The molecule has 0 aliphatic carbocycles. The average Bonchev–Trinajstić information content (AvgIpc) is 2.49. The second-order valence-electron chi connectivity index (χ2n) is 5.06. The van der Waals surface area contributed by atoms with Crippen LogP contribution in [0.2, 0.25) is 5.02 Å². The van der Waals surface area contributed by atoms with E-state index in [4.69, 9.17) is 11.6 Å². The highest BCUT2D eigenvalue weighted by Gasteiger charge is 2.25. The number of aryl methyl sites for hydroxylation is 1.